The van der Waals surface area contributed by atoms with E-state index >= 15 is 0 Å². The van der Waals surface area contributed by atoms with E-state index in [2.05, 4.69) is 30.3 Å². The highest BCUT2D eigenvalue weighted by Crippen LogP contribution is 2.44. The van der Waals surface area contributed by atoms with Crippen molar-refractivity contribution in [3.05, 3.63) is 35.9 Å². The Labute approximate surface area is 97.1 Å². The molecule has 0 heterocycles. The van der Waals surface area contributed by atoms with Crippen LogP contribution in [-0.4, -0.2) is 7.11 Å². The molecule has 3 aliphatic carbocycles. The molecule has 0 saturated heterocycles. The minimum Gasteiger partial charge on any atom is -0.497 e. The first kappa shape index (κ1) is 9.95. The van der Waals surface area contributed by atoms with Gasteiger partial charge in [-0.2, -0.15) is 0 Å². The van der Waals surface area contributed by atoms with Crippen molar-refractivity contribution >= 4 is 5.57 Å². The number of ether oxygens (including phenoxy) is 1. The predicted molar refractivity (Wildman–Crippen MR) is 66.4 cm³/mol. The summed E-state index contributed by atoms with van der Waals surface area (Å²) in [6.45, 7) is 0. The summed E-state index contributed by atoms with van der Waals surface area (Å²) in [6.07, 6.45) is 8.11. The molecule has 1 heteroatoms. The van der Waals surface area contributed by atoms with Crippen molar-refractivity contribution in [2.75, 3.05) is 7.11 Å². The molecule has 0 aromatic heterocycles. The number of allylic oxidation sites excluding steroid dienone is 2. The Kier molecular flexibility index (Phi) is 2.47. The Hall–Kier alpha value is -1.24. The first-order valence-electron chi connectivity index (χ1n) is 6.23. The quantitative estimate of drug-likeness (QED) is 0.725. The second-order valence-corrected chi connectivity index (χ2v) is 4.96. The molecular formula is C15H18O. The number of hydrogen-bond acceptors (Lipinski definition) is 1. The van der Waals surface area contributed by atoms with Gasteiger partial charge in [-0.1, -0.05) is 18.2 Å². The zero-order chi connectivity index (χ0) is 11.0. The van der Waals surface area contributed by atoms with Crippen LogP contribution in [0.15, 0.2) is 30.3 Å². The Morgan fingerprint density at radius 1 is 1.00 bits per heavy atom. The Morgan fingerprint density at radius 3 is 2.19 bits per heavy atom. The lowest BCUT2D eigenvalue weighted by Gasteiger charge is -2.35. The van der Waals surface area contributed by atoms with Gasteiger partial charge in [0.05, 0.1) is 7.11 Å². The first-order chi connectivity index (χ1) is 7.86. The molecule has 1 aromatic rings. The van der Waals surface area contributed by atoms with E-state index in [-0.39, 0.29) is 0 Å². The summed E-state index contributed by atoms with van der Waals surface area (Å²) in [6, 6.07) is 8.54. The highest BCUT2D eigenvalue weighted by Gasteiger charge is 2.29. The maximum absolute atomic E-state index is 5.20. The van der Waals surface area contributed by atoms with Gasteiger partial charge in [0.15, 0.2) is 0 Å². The van der Waals surface area contributed by atoms with Crippen molar-refractivity contribution in [3.8, 4) is 5.75 Å². The second kappa shape index (κ2) is 3.97. The third-order valence-electron chi connectivity index (χ3n) is 4.05. The van der Waals surface area contributed by atoms with Crippen molar-refractivity contribution in [3.63, 3.8) is 0 Å². The Bertz CT molecular complexity index is 394. The van der Waals surface area contributed by atoms with Gasteiger partial charge in [0.2, 0.25) is 0 Å². The molecule has 0 amide bonds. The van der Waals surface area contributed by atoms with Crippen LogP contribution >= 0.6 is 0 Å². The molecule has 1 fully saturated rings. The van der Waals surface area contributed by atoms with Crippen molar-refractivity contribution in [1.29, 1.82) is 0 Å². The van der Waals surface area contributed by atoms with Crippen LogP contribution in [0.4, 0.5) is 0 Å². The number of fused-ring (bicyclic) bond motifs is 2. The minimum atomic E-state index is 0.818. The van der Waals surface area contributed by atoms with Crippen LogP contribution in [-0.2, 0) is 0 Å². The molecule has 0 N–H and O–H groups in total. The summed E-state index contributed by atoms with van der Waals surface area (Å²) >= 11 is 0. The predicted octanol–water partition coefficient (Wildman–Crippen LogP) is 3.90. The van der Waals surface area contributed by atoms with Gasteiger partial charge < -0.3 is 4.74 Å². The fraction of sp³-hybridized carbons (Fsp3) is 0.467. The summed E-state index contributed by atoms with van der Waals surface area (Å²) in [5.74, 6) is 2.62. The number of rotatable bonds is 2. The van der Waals surface area contributed by atoms with Crippen LogP contribution in [0.3, 0.4) is 0 Å². The lowest BCUT2D eigenvalue weighted by atomic mass is 9.70. The van der Waals surface area contributed by atoms with Gasteiger partial charge in [0.25, 0.3) is 0 Å². The zero-order valence-corrected chi connectivity index (χ0v) is 9.78. The molecule has 84 valence electrons. The van der Waals surface area contributed by atoms with Crippen molar-refractivity contribution in [1.82, 2.24) is 0 Å². The van der Waals surface area contributed by atoms with Crippen LogP contribution in [0.5, 0.6) is 5.75 Å². The van der Waals surface area contributed by atoms with E-state index in [0.29, 0.717) is 0 Å². The lowest BCUT2D eigenvalue weighted by Crippen LogP contribution is -2.20. The van der Waals surface area contributed by atoms with E-state index in [1.165, 1.54) is 31.2 Å². The highest BCUT2D eigenvalue weighted by atomic mass is 16.5. The summed E-state index contributed by atoms with van der Waals surface area (Å²) in [4.78, 5) is 0. The van der Waals surface area contributed by atoms with Gasteiger partial charge in [-0.25, -0.2) is 0 Å². The van der Waals surface area contributed by atoms with Gasteiger partial charge in [0.1, 0.15) is 5.75 Å². The van der Waals surface area contributed by atoms with Crippen molar-refractivity contribution < 1.29 is 4.74 Å². The monoisotopic (exact) mass is 214 g/mol. The average molecular weight is 214 g/mol. The topological polar surface area (TPSA) is 9.23 Å². The van der Waals surface area contributed by atoms with E-state index in [9.17, 15) is 0 Å². The molecule has 3 aliphatic rings. The van der Waals surface area contributed by atoms with Crippen molar-refractivity contribution in [2.24, 2.45) is 11.8 Å². The molecule has 0 atom stereocenters. The SMILES string of the molecule is COc1ccc(C2=CC3CCC2CC3)cc1. The van der Waals surface area contributed by atoms with E-state index < -0.39 is 0 Å². The average Bonchev–Trinajstić information content (AvgIpc) is 2.40. The van der Waals surface area contributed by atoms with E-state index in [1.807, 2.05) is 0 Å². The molecule has 1 aromatic carbocycles. The molecule has 2 bridgehead atoms. The zero-order valence-electron chi connectivity index (χ0n) is 9.78. The van der Waals surface area contributed by atoms with E-state index in [0.717, 1.165) is 17.6 Å². The minimum absolute atomic E-state index is 0.818. The normalized spacial score (nSPS) is 27.7. The molecule has 1 nitrogen and oxygen atoms in total. The van der Waals surface area contributed by atoms with E-state index in [4.69, 9.17) is 4.74 Å². The van der Waals surface area contributed by atoms with Gasteiger partial charge in [-0.05, 0) is 60.8 Å². The van der Waals surface area contributed by atoms with Gasteiger partial charge in [0, 0.05) is 0 Å². The molecule has 1 saturated carbocycles. The standard InChI is InChI=1S/C15H18O/c1-16-14-8-6-13(7-9-14)15-10-11-2-4-12(15)5-3-11/h6-12H,2-5H2,1H3. The third-order valence-corrected chi connectivity index (χ3v) is 4.05. The van der Waals surface area contributed by atoms with E-state index in [1.54, 1.807) is 12.7 Å². The smallest absolute Gasteiger partial charge is 0.118 e. The second-order valence-electron chi connectivity index (χ2n) is 4.96. The highest BCUT2D eigenvalue weighted by molar-refractivity contribution is 5.69. The molecule has 16 heavy (non-hydrogen) atoms. The number of methoxy groups -OCH3 is 1. The molecule has 0 spiro atoms. The summed E-state index contributed by atoms with van der Waals surface area (Å²) < 4.78 is 5.20. The van der Waals surface area contributed by atoms with Gasteiger partial charge >= 0.3 is 0 Å². The molecular weight excluding hydrogens is 196 g/mol. The maximum atomic E-state index is 5.20. The van der Waals surface area contributed by atoms with Crippen LogP contribution < -0.4 is 4.74 Å². The van der Waals surface area contributed by atoms with Crippen LogP contribution in [0.2, 0.25) is 0 Å². The lowest BCUT2D eigenvalue weighted by molar-refractivity contribution is 0.340. The summed E-state index contributed by atoms with van der Waals surface area (Å²) in [5, 5.41) is 0. The molecule has 4 rings (SSSR count). The maximum Gasteiger partial charge on any atom is 0.118 e. The molecule has 0 unspecified atom stereocenters. The van der Waals surface area contributed by atoms with Crippen LogP contribution in [0.1, 0.15) is 31.2 Å². The van der Waals surface area contributed by atoms with Crippen molar-refractivity contribution in [2.45, 2.75) is 25.7 Å². The number of hydrogen-bond donors (Lipinski definition) is 0. The van der Waals surface area contributed by atoms with Gasteiger partial charge in [-0.3, -0.25) is 0 Å². The van der Waals surface area contributed by atoms with Gasteiger partial charge in [-0.15, -0.1) is 0 Å². The third kappa shape index (κ3) is 1.64. The van der Waals surface area contributed by atoms with Crippen LogP contribution in [0.25, 0.3) is 5.57 Å². The fourth-order valence-electron chi connectivity index (χ4n) is 3.10. The number of benzene rings is 1. The largest absolute Gasteiger partial charge is 0.497 e. The Balaban J connectivity index is 1.91. The summed E-state index contributed by atoms with van der Waals surface area (Å²) in [5.41, 5.74) is 2.99. The molecule has 0 aliphatic heterocycles. The summed E-state index contributed by atoms with van der Waals surface area (Å²) in [7, 11) is 1.72. The fourth-order valence-corrected chi connectivity index (χ4v) is 3.10. The molecule has 0 radical (unpaired) electrons. The first-order valence-corrected chi connectivity index (χ1v) is 6.23. The Morgan fingerprint density at radius 2 is 1.69 bits per heavy atom. The van der Waals surface area contributed by atoms with Crippen LogP contribution in [0, 0.1) is 11.8 Å².